The van der Waals surface area contributed by atoms with E-state index in [1.54, 1.807) is 0 Å². The highest BCUT2D eigenvalue weighted by Gasteiger charge is 2.41. The molecule has 1 aliphatic rings. The van der Waals surface area contributed by atoms with Crippen LogP contribution in [-0.2, 0) is 4.79 Å². The van der Waals surface area contributed by atoms with E-state index in [1.807, 2.05) is 0 Å². The SMILES string of the molecule is CCCCCC/C=C\[C@H]1CCC[C@@H]1CCCCC(O)C(O)(O)C(=O)O. The number of aliphatic hydroxyl groups is 3. The highest BCUT2D eigenvalue weighted by Crippen LogP contribution is 2.36. The van der Waals surface area contributed by atoms with Crippen LogP contribution in [0.4, 0.5) is 0 Å². The van der Waals surface area contributed by atoms with Gasteiger partial charge in [-0.2, -0.15) is 0 Å². The molecule has 25 heavy (non-hydrogen) atoms. The first-order valence-electron chi connectivity index (χ1n) is 9.92. The molecule has 0 aliphatic heterocycles. The standard InChI is InChI=1S/C20H36O5/c1-2-3-4-5-6-7-11-16-13-10-14-17(16)12-8-9-15-18(21)20(24,25)19(22)23/h7,11,16-18,21,24-25H,2-6,8-10,12-15H2,1H3,(H,22,23)/b11-7-/t16-,17-,18?/m0/s1. The Balaban J connectivity index is 2.23. The Bertz CT molecular complexity index is 405. The second kappa shape index (κ2) is 11.7. The van der Waals surface area contributed by atoms with Gasteiger partial charge in [-0.1, -0.05) is 57.6 Å². The first kappa shape index (κ1) is 22.1. The maximum Gasteiger partial charge on any atom is 0.366 e. The summed E-state index contributed by atoms with van der Waals surface area (Å²) in [6.45, 7) is 2.22. The van der Waals surface area contributed by atoms with E-state index in [4.69, 9.17) is 5.11 Å². The van der Waals surface area contributed by atoms with Gasteiger partial charge in [0.05, 0.1) is 0 Å². The summed E-state index contributed by atoms with van der Waals surface area (Å²) in [7, 11) is 0. The summed E-state index contributed by atoms with van der Waals surface area (Å²) in [5.74, 6) is -3.54. The van der Waals surface area contributed by atoms with Crippen LogP contribution in [-0.4, -0.2) is 38.3 Å². The van der Waals surface area contributed by atoms with Crippen LogP contribution >= 0.6 is 0 Å². The maximum atomic E-state index is 10.7. The summed E-state index contributed by atoms with van der Waals surface area (Å²) in [5, 5.41) is 36.8. The molecule has 146 valence electrons. The zero-order valence-electron chi connectivity index (χ0n) is 15.6. The number of hydrogen-bond donors (Lipinski definition) is 4. The van der Waals surface area contributed by atoms with Gasteiger partial charge in [-0.25, -0.2) is 4.79 Å². The molecular weight excluding hydrogens is 320 g/mol. The van der Waals surface area contributed by atoms with E-state index in [9.17, 15) is 20.1 Å². The first-order valence-corrected chi connectivity index (χ1v) is 9.92. The van der Waals surface area contributed by atoms with Crippen LogP contribution in [0.25, 0.3) is 0 Å². The average Bonchev–Trinajstić information content (AvgIpc) is 3.01. The van der Waals surface area contributed by atoms with Crippen LogP contribution < -0.4 is 0 Å². The lowest BCUT2D eigenvalue weighted by Gasteiger charge is -2.23. The van der Waals surface area contributed by atoms with E-state index >= 15 is 0 Å². The molecule has 1 unspecified atom stereocenters. The fraction of sp³-hybridized carbons (Fsp3) is 0.850. The van der Waals surface area contributed by atoms with Crippen molar-refractivity contribution in [3.63, 3.8) is 0 Å². The Kier molecular flexibility index (Phi) is 10.3. The molecule has 0 bridgehead atoms. The summed E-state index contributed by atoms with van der Waals surface area (Å²) in [6, 6.07) is 0. The molecule has 0 radical (unpaired) electrons. The number of carboxylic acids is 1. The van der Waals surface area contributed by atoms with Gasteiger partial charge in [0.1, 0.15) is 6.10 Å². The van der Waals surface area contributed by atoms with Crippen molar-refractivity contribution >= 4 is 5.97 Å². The molecule has 0 aromatic heterocycles. The van der Waals surface area contributed by atoms with Gasteiger partial charge >= 0.3 is 5.97 Å². The lowest BCUT2D eigenvalue weighted by molar-refractivity contribution is -0.237. The van der Waals surface area contributed by atoms with Crippen LogP contribution in [0.1, 0.15) is 84.0 Å². The maximum absolute atomic E-state index is 10.7. The summed E-state index contributed by atoms with van der Waals surface area (Å²) in [5.41, 5.74) is 0. The third kappa shape index (κ3) is 7.89. The van der Waals surface area contributed by atoms with Crippen molar-refractivity contribution in [3.05, 3.63) is 12.2 Å². The van der Waals surface area contributed by atoms with Crippen LogP contribution in [0.15, 0.2) is 12.2 Å². The Hall–Kier alpha value is -0.910. The van der Waals surface area contributed by atoms with Gasteiger partial charge < -0.3 is 20.4 Å². The molecule has 0 spiro atoms. The van der Waals surface area contributed by atoms with Crippen LogP contribution in [0.5, 0.6) is 0 Å². The van der Waals surface area contributed by atoms with Gasteiger partial charge in [0.25, 0.3) is 5.79 Å². The Morgan fingerprint density at radius 1 is 1.16 bits per heavy atom. The van der Waals surface area contributed by atoms with E-state index in [0.717, 1.165) is 12.8 Å². The van der Waals surface area contributed by atoms with Crippen molar-refractivity contribution in [2.75, 3.05) is 0 Å². The fourth-order valence-corrected chi connectivity index (χ4v) is 3.73. The average molecular weight is 357 g/mol. The van der Waals surface area contributed by atoms with E-state index in [-0.39, 0.29) is 6.42 Å². The van der Waals surface area contributed by atoms with Crippen molar-refractivity contribution in [2.45, 2.75) is 95.9 Å². The molecule has 4 N–H and O–H groups in total. The lowest BCUT2D eigenvalue weighted by Crippen LogP contribution is -2.49. The summed E-state index contributed by atoms with van der Waals surface area (Å²) >= 11 is 0. The predicted molar refractivity (Wildman–Crippen MR) is 98.0 cm³/mol. The van der Waals surface area contributed by atoms with Crippen LogP contribution in [0.2, 0.25) is 0 Å². The third-order valence-corrected chi connectivity index (χ3v) is 5.41. The zero-order valence-corrected chi connectivity index (χ0v) is 15.6. The quantitative estimate of drug-likeness (QED) is 0.229. The van der Waals surface area contributed by atoms with Crippen LogP contribution in [0.3, 0.4) is 0 Å². The van der Waals surface area contributed by atoms with Crippen molar-refractivity contribution < 1.29 is 25.2 Å². The molecule has 0 aromatic rings. The number of aliphatic carboxylic acids is 1. The number of carbonyl (C=O) groups is 1. The van der Waals surface area contributed by atoms with Crippen molar-refractivity contribution in [3.8, 4) is 0 Å². The van der Waals surface area contributed by atoms with Gasteiger partial charge in [0.2, 0.25) is 0 Å². The molecule has 1 fully saturated rings. The summed E-state index contributed by atoms with van der Waals surface area (Å²) < 4.78 is 0. The highest BCUT2D eigenvalue weighted by molar-refractivity contribution is 5.75. The van der Waals surface area contributed by atoms with E-state index in [0.29, 0.717) is 18.3 Å². The van der Waals surface area contributed by atoms with Crippen molar-refractivity contribution in [1.82, 2.24) is 0 Å². The van der Waals surface area contributed by atoms with E-state index < -0.39 is 17.9 Å². The summed E-state index contributed by atoms with van der Waals surface area (Å²) in [6.07, 6.45) is 15.7. The van der Waals surface area contributed by atoms with Crippen molar-refractivity contribution in [1.29, 1.82) is 0 Å². The molecule has 0 heterocycles. The normalized spacial score (nSPS) is 22.6. The van der Waals surface area contributed by atoms with Crippen molar-refractivity contribution in [2.24, 2.45) is 11.8 Å². The number of carboxylic acid groups (broad SMARTS) is 1. The van der Waals surface area contributed by atoms with Gasteiger partial charge in [-0.15, -0.1) is 0 Å². The molecule has 0 saturated heterocycles. The van der Waals surface area contributed by atoms with E-state index in [2.05, 4.69) is 19.1 Å². The van der Waals surface area contributed by atoms with Gasteiger partial charge in [0, 0.05) is 0 Å². The van der Waals surface area contributed by atoms with Gasteiger partial charge in [0.15, 0.2) is 0 Å². The topological polar surface area (TPSA) is 98.0 Å². The zero-order chi connectivity index (χ0) is 18.7. The molecule has 5 heteroatoms. The van der Waals surface area contributed by atoms with Crippen LogP contribution in [0, 0.1) is 11.8 Å². The molecule has 0 amide bonds. The lowest BCUT2D eigenvalue weighted by atomic mass is 9.89. The number of aliphatic hydroxyl groups excluding tert-OH is 1. The number of allylic oxidation sites excluding steroid dienone is 2. The second-order valence-electron chi connectivity index (χ2n) is 7.46. The minimum Gasteiger partial charge on any atom is -0.477 e. The molecule has 1 saturated carbocycles. The number of rotatable bonds is 13. The molecule has 5 nitrogen and oxygen atoms in total. The minimum absolute atomic E-state index is 0.0873. The molecular formula is C20H36O5. The smallest absolute Gasteiger partial charge is 0.366 e. The molecule has 1 aliphatic carbocycles. The highest BCUT2D eigenvalue weighted by atomic mass is 16.6. The fourth-order valence-electron chi connectivity index (χ4n) is 3.73. The predicted octanol–water partition coefficient (Wildman–Crippen LogP) is 3.62. The first-order chi connectivity index (χ1) is 11.9. The van der Waals surface area contributed by atoms with Gasteiger partial charge in [-0.3, -0.25) is 0 Å². The number of hydrogen-bond acceptors (Lipinski definition) is 4. The molecule has 0 aromatic carbocycles. The minimum atomic E-state index is -3.05. The Labute approximate surface area is 151 Å². The number of unbranched alkanes of at least 4 members (excludes halogenated alkanes) is 5. The van der Waals surface area contributed by atoms with E-state index in [1.165, 1.54) is 51.4 Å². The Morgan fingerprint density at radius 2 is 1.92 bits per heavy atom. The third-order valence-electron chi connectivity index (χ3n) is 5.41. The molecule has 3 atom stereocenters. The monoisotopic (exact) mass is 356 g/mol. The second-order valence-corrected chi connectivity index (χ2v) is 7.46. The Morgan fingerprint density at radius 3 is 2.60 bits per heavy atom. The molecule has 1 rings (SSSR count). The largest absolute Gasteiger partial charge is 0.477 e. The summed E-state index contributed by atoms with van der Waals surface area (Å²) in [4.78, 5) is 10.7. The van der Waals surface area contributed by atoms with Gasteiger partial charge in [-0.05, 0) is 50.4 Å².